The van der Waals surface area contributed by atoms with E-state index in [1.807, 2.05) is 12.1 Å². The third-order valence-corrected chi connectivity index (χ3v) is 5.18. The molecular weight excluding hydrogens is 294 g/mol. The van der Waals surface area contributed by atoms with E-state index in [0.717, 1.165) is 11.2 Å². The van der Waals surface area contributed by atoms with Crippen LogP contribution in [0.15, 0.2) is 59.0 Å². The van der Waals surface area contributed by atoms with Crippen molar-refractivity contribution in [1.29, 1.82) is 0 Å². The molecule has 5 rings (SSSR count). The molecule has 0 amide bonds. The molecule has 0 aliphatic rings. The van der Waals surface area contributed by atoms with Crippen LogP contribution >= 0.6 is 0 Å². The quantitative estimate of drug-likeness (QED) is 0.352. The fourth-order valence-electron chi connectivity index (χ4n) is 4.08. The predicted octanol–water partition coefficient (Wildman–Crippen LogP) is 6.35. The van der Waals surface area contributed by atoms with Gasteiger partial charge in [-0.2, -0.15) is 0 Å². The van der Waals surface area contributed by atoms with Crippen LogP contribution in [0.25, 0.3) is 43.7 Å². The number of benzene rings is 3. The number of aryl methyl sites for hydroxylation is 1. The maximum absolute atomic E-state index is 6.08. The Morgan fingerprint density at radius 1 is 0.792 bits per heavy atom. The second kappa shape index (κ2) is 4.64. The summed E-state index contributed by atoms with van der Waals surface area (Å²) in [4.78, 5) is 0. The zero-order valence-corrected chi connectivity index (χ0v) is 14.1. The lowest BCUT2D eigenvalue weighted by molar-refractivity contribution is 0.669. The van der Waals surface area contributed by atoms with Gasteiger partial charge in [-0.05, 0) is 35.7 Å². The number of aromatic nitrogens is 1. The average Bonchev–Trinajstić information content (AvgIpc) is 3.10. The lowest BCUT2D eigenvalue weighted by Crippen LogP contribution is -1.90. The van der Waals surface area contributed by atoms with E-state index >= 15 is 0 Å². The Bertz CT molecular complexity index is 1240. The van der Waals surface area contributed by atoms with E-state index in [4.69, 9.17) is 4.42 Å². The lowest BCUT2D eigenvalue weighted by Gasteiger charge is -2.07. The number of rotatable bonds is 1. The number of para-hydroxylation sites is 1. The highest BCUT2D eigenvalue weighted by Crippen LogP contribution is 2.40. The molecule has 24 heavy (non-hydrogen) atoms. The molecule has 0 bridgehead atoms. The molecule has 2 heterocycles. The van der Waals surface area contributed by atoms with Crippen molar-refractivity contribution >= 4 is 43.7 Å². The first-order valence-corrected chi connectivity index (χ1v) is 8.48. The predicted molar refractivity (Wildman–Crippen MR) is 102 cm³/mol. The first kappa shape index (κ1) is 13.7. The van der Waals surface area contributed by atoms with Gasteiger partial charge in [-0.25, -0.2) is 0 Å². The van der Waals surface area contributed by atoms with Gasteiger partial charge in [0.25, 0.3) is 0 Å². The van der Waals surface area contributed by atoms with Crippen LogP contribution in [0.3, 0.4) is 0 Å². The molecule has 0 unspecified atom stereocenters. The van der Waals surface area contributed by atoms with E-state index in [0.29, 0.717) is 5.92 Å². The maximum Gasteiger partial charge on any atom is 0.137 e. The fraction of sp³-hybridized carbons (Fsp3) is 0.182. The first-order chi connectivity index (χ1) is 11.7. The molecule has 2 nitrogen and oxygen atoms in total. The zero-order chi connectivity index (χ0) is 16.4. The molecule has 0 N–H and O–H groups in total. The molecule has 2 aromatic heterocycles. The third-order valence-electron chi connectivity index (χ3n) is 5.18. The van der Waals surface area contributed by atoms with Gasteiger partial charge in [0.1, 0.15) is 11.2 Å². The van der Waals surface area contributed by atoms with Crippen LogP contribution in [-0.4, -0.2) is 4.57 Å². The minimum Gasteiger partial charge on any atom is -0.456 e. The Balaban J connectivity index is 2.11. The van der Waals surface area contributed by atoms with Crippen molar-refractivity contribution in [2.75, 3.05) is 0 Å². The van der Waals surface area contributed by atoms with Gasteiger partial charge in [0, 0.05) is 28.7 Å². The van der Waals surface area contributed by atoms with Crippen LogP contribution in [0.1, 0.15) is 25.3 Å². The van der Waals surface area contributed by atoms with Crippen LogP contribution in [0.2, 0.25) is 0 Å². The second-order valence-electron chi connectivity index (χ2n) is 6.89. The Hall–Kier alpha value is -2.74. The normalized spacial score (nSPS) is 12.3. The fourth-order valence-corrected chi connectivity index (χ4v) is 4.08. The van der Waals surface area contributed by atoms with Gasteiger partial charge in [-0.1, -0.05) is 44.2 Å². The standard InChI is InChI=1S/C22H19NO/c1-13(2)14-8-6-9-17-20(14)16-11-12-19-21(22(16)23(17)3)15-7-4-5-10-18(15)24-19/h4-13H,1-3H3. The Morgan fingerprint density at radius 3 is 2.46 bits per heavy atom. The lowest BCUT2D eigenvalue weighted by atomic mass is 9.97. The Morgan fingerprint density at radius 2 is 1.62 bits per heavy atom. The minimum atomic E-state index is 0.496. The van der Waals surface area contributed by atoms with Crippen LogP contribution in [0.5, 0.6) is 0 Å². The highest BCUT2D eigenvalue weighted by Gasteiger charge is 2.18. The van der Waals surface area contributed by atoms with Crippen molar-refractivity contribution < 1.29 is 4.42 Å². The monoisotopic (exact) mass is 313 g/mol. The molecule has 0 saturated heterocycles. The van der Waals surface area contributed by atoms with Gasteiger partial charge in [0.15, 0.2) is 0 Å². The average molecular weight is 313 g/mol. The molecule has 2 heteroatoms. The molecule has 5 aromatic rings. The van der Waals surface area contributed by atoms with E-state index < -0.39 is 0 Å². The van der Waals surface area contributed by atoms with Gasteiger partial charge in [0.05, 0.1) is 10.9 Å². The number of nitrogens with zero attached hydrogens (tertiary/aromatic N) is 1. The molecule has 0 atom stereocenters. The Kier molecular flexibility index (Phi) is 2.64. The van der Waals surface area contributed by atoms with E-state index in [9.17, 15) is 0 Å². The molecule has 0 fully saturated rings. The summed E-state index contributed by atoms with van der Waals surface area (Å²) in [7, 11) is 2.16. The van der Waals surface area contributed by atoms with E-state index in [1.54, 1.807) is 0 Å². The SMILES string of the molecule is CC(C)c1cccc2c1c1ccc3oc4ccccc4c3c1n2C. The van der Waals surface area contributed by atoms with Crippen molar-refractivity contribution in [3.63, 3.8) is 0 Å². The number of furan rings is 1. The van der Waals surface area contributed by atoms with E-state index in [-0.39, 0.29) is 0 Å². The van der Waals surface area contributed by atoms with Crippen molar-refractivity contribution in [1.82, 2.24) is 4.57 Å². The largest absolute Gasteiger partial charge is 0.456 e. The number of hydrogen-bond acceptors (Lipinski definition) is 1. The summed E-state index contributed by atoms with van der Waals surface area (Å²) in [5.41, 5.74) is 5.87. The van der Waals surface area contributed by atoms with Gasteiger partial charge >= 0.3 is 0 Å². The molecule has 0 saturated carbocycles. The van der Waals surface area contributed by atoms with Crippen LogP contribution in [-0.2, 0) is 7.05 Å². The van der Waals surface area contributed by atoms with Crippen molar-refractivity contribution in [3.8, 4) is 0 Å². The summed E-state index contributed by atoms with van der Waals surface area (Å²) in [6, 6.07) is 19.3. The smallest absolute Gasteiger partial charge is 0.137 e. The number of fused-ring (bicyclic) bond motifs is 7. The summed E-state index contributed by atoms with van der Waals surface area (Å²) in [5.74, 6) is 0.496. The first-order valence-electron chi connectivity index (χ1n) is 8.48. The topological polar surface area (TPSA) is 18.1 Å². The molecule has 0 radical (unpaired) electrons. The van der Waals surface area contributed by atoms with Crippen LogP contribution < -0.4 is 0 Å². The van der Waals surface area contributed by atoms with Crippen molar-refractivity contribution in [2.24, 2.45) is 7.05 Å². The number of hydrogen-bond donors (Lipinski definition) is 0. The molecule has 118 valence electrons. The van der Waals surface area contributed by atoms with Gasteiger partial charge < -0.3 is 8.98 Å². The second-order valence-corrected chi connectivity index (χ2v) is 6.89. The van der Waals surface area contributed by atoms with Gasteiger partial charge in [0.2, 0.25) is 0 Å². The third kappa shape index (κ3) is 1.60. The molecule has 3 aromatic carbocycles. The van der Waals surface area contributed by atoms with Crippen molar-refractivity contribution in [3.05, 3.63) is 60.2 Å². The minimum absolute atomic E-state index is 0.496. The molecular formula is C22H19NO. The summed E-state index contributed by atoms with van der Waals surface area (Å²) in [6.07, 6.45) is 0. The highest BCUT2D eigenvalue weighted by molar-refractivity contribution is 6.24. The molecule has 0 aliphatic carbocycles. The van der Waals surface area contributed by atoms with Gasteiger partial charge in [-0.15, -0.1) is 0 Å². The summed E-state index contributed by atoms with van der Waals surface area (Å²) < 4.78 is 8.40. The molecule has 0 spiro atoms. The van der Waals surface area contributed by atoms with E-state index in [1.165, 1.54) is 38.1 Å². The maximum atomic E-state index is 6.08. The van der Waals surface area contributed by atoms with E-state index in [2.05, 4.69) is 67.9 Å². The van der Waals surface area contributed by atoms with Crippen molar-refractivity contribution in [2.45, 2.75) is 19.8 Å². The van der Waals surface area contributed by atoms with Crippen LogP contribution in [0.4, 0.5) is 0 Å². The van der Waals surface area contributed by atoms with Gasteiger partial charge in [-0.3, -0.25) is 0 Å². The zero-order valence-electron chi connectivity index (χ0n) is 14.1. The summed E-state index contributed by atoms with van der Waals surface area (Å²) >= 11 is 0. The summed E-state index contributed by atoms with van der Waals surface area (Å²) in [5, 5.41) is 5.10. The molecule has 0 aliphatic heterocycles. The summed E-state index contributed by atoms with van der Waals surface area (Å²) in [6.45, 7) is 4.53. The highest BCUT2D eigenvalue weighted by atomic mass is 16.3. The Labute approximate surface area is 140 Å². The van der Waals surface area contributed by atoms with Crippen LogP contribution in [0, 0.1) is 0 Å².